The highest BCUT2D eigenvalue weighted by molar-refractivity contribution is 5.79. The number of fused-ring (bicyclic) bond motifs is 1. The SMILES string of the molecule is O=C(CCNCc1cc(=O)c2cccc(F)c2[nH]1)NC1CCCCC1. The number of halogens is 1. The van der Waals surface area contributed by atoms with Crippen molar-refractivity contribution in [2.75, 3.05) is 6.54 Å². The van der Waals surface area contributed by atoms with Gasteiger partial charge in [-0.3, -0.25) is 9.59 Å². The van der Waals surface area contributed by atoms with Gasteiger partial charge in [0.1, 0.15) is 5.82 Å². The summed E-state index contributed by atoms with van der Waals surface area (Å²) in [5.74, 6) is -0.388. The molecular formula is C19H24FN3O2. The molecule has 0 saturated heterocycles. The standard InChI is InChI=1S/C19H24FN3O2/c20-16-8-4-7-15-17(24)11-14(23-19(15)16)12-21-10-9-18(25)22-13-5-2-1-3-6-13/h4,7-8,11,13,21H,1-3,5-6,9-10,12H2,(H,22,25)(H,23,24). The fraction of sp³-hybridized carbons (Fsp3) is 0.474. The van der Waals surface area contributed by atoms with Crippen LogP contribution in [0.2, 0.25) is 0 Å². The van der Waals surface area contributed by atoms with E-state index in [-0.39, 0.29) is 16.9 Å². The lowest BCUT2D eigenvalue weighted by Gasteiger charge is -2.22. The van der Waals surface area contributed by atoms with Crippen LogP contribution in [0.15, 0.2) is 29.1 Å². The summed E-state index contributed by atoms with van der Waals surface area (Å²) in [6.07, 6.45) is 6.18. The molecule has 1 aromatic heterocycles. The highest BCUT2D eigenvalue weighted by atomic mass is 19.1. The average molecular weight is 345 g/mol. The average Bonchev–Trinajstić information content (AvgIpc) is 2.61. The summed E-state index contributed by atoms with van der Waals surface area (Å²) in [5, 5.41) is 6.54. The van der Waals surface area contributed by atoms with Crippen LogP contribution in [0.5, 0.6) is 0 Å². The molecule has 1 fully saturated rings. The fourth-order valence-corrected chi connectivity index (χ4v) is 3.36. The predicted octanol–water partition coefficient (Wildman–Crippen LogP) is 2.60. The molecule has 0 atom stereocenters. The van der Waals surface area contributed by atoms with Crippen LogP contribution in [0.25, 0.3) is 10.9 Å². The number of amides is 1. The lowest BCUT2D eigenvalue weighted by atomic mass is 9.95. The third-order valence-electron chi connectivity index (χ3n) is 4.68. The Hall–Kier alpha value is -2.21. The van der Waals surface area contributed by atoms with Gasteiger partial charge in [0, 0.05) is 42.7 Å². The Labute approximate surface area is 146 Å². The van der Waals surface area contributed by atoms with E-state index in [0.717, 1.165) is 12.8 Å². The second kappa shape index (κ2) is 8.25. The van der Waals surface area contributed by atoms with Crippen molar-refractivity contribution in [3.05, 3.63) is 46.0 Å². The third kappa shape index (κ3) is 4.66. The summed E-state index contributed by atoms with van der Waals surface area (Å²) < 4.78 is 13.8. The van der Waals surface area contributed by atoms with Gasteiger partial charge >= 0.3 is 0 Å². The first-order valence-corrected chi connectivity index (χ1v) is 8.94. The zero-order chi connectivity index (χ0) is 17.6. The van der Waals surface area contributed by atoms with Gasteiger partial charge in [0.2, 0.25) is 5.91 Å². The number of pyridine rings is 1. The number of carbonyl (C=O) groups is 1. The normalized spacial score (nSPS) is 15.4. The maximum atomic E-state index is 13.8. The number of aromatic amines is 1. The Balaban J connectivity index is 1.49. The minimum absolute atomic E-state index is 0.0532. The van der Waals surface area contributed by atoms with Gasteiger partial charge in [-0.05, 0) is 25.0 Å². The molecule has 0 unspecified atom stereocenters. The Morgan fingerprint density at radius 2 is 2.04 bits per heavy atom. The minimum Gasteiger partial charge on any atom is -0.355 e. The van der Waals surface area contributed by atoms with Gasteiger partial charge in [0.15, 0.2) is 5.43 Å². The van der Waals surface area contributed by atoms with Crippen LogP contribution in [-0.2, 0) is 11.3 Å². The number of rotatable bonds is 6. The fourth-order valence-electron chi connectivity index (χ4n) is 3.36. The molecule has 1 aromatic carbocycles. The first-order valence-electron chi connectivity index (χ1n) is 8.94. The number of hydrogen-bond acceptors (Lipinski definition) is 3. The number of benzene rings is 1. The zero-order valence-electron chi connectivity index (χ0n) is 14.2. The molecule has 1 aliphatic carbocycles. The molecule has 1 amide bonds. The highest BCUT2D eigenvalue weighted by Gasteiger charge is 2.15. The van der Waals surface area contributed by atoms with Gasteiger partial charge in [-0.1, -0.05) is 25.3 Å². The first kappa shape index (κ1) is 17.6. The first-order chi connectivity index (χ1) is 12.1. The van der Waals surface area contributed by atoms with Crippen LogP contribution in [0, 0.1) is 5.82 Å². The molecule has 3 N–H and O–H groups in total. The number of nitrogens with one attached hydrogen (secondary N) is 3. The van der Waals surface area contributed by atoms with Gasteiger partial charge < -0.3 is 15.6 Å². The van der Waals surface area contributed by atoms with Crippen LogP contribution in [0.1, 0.15) is 44.2 Å². The van der Waals surface area contributed by atoms with Gasteiger partial charge in [-0.15, -0.1) is 0 Å². The van der Waals surface area contributed by atoms with Gasteiger partial charge in [0.25, 0.3) is 0 Å². The van der Waals surface area contributed by atoms with Crippen molar-refractivity contribution in [1.29, 1.82) is 0 Å². The van der Waals surface area contributed by atoms with E-state index in [0.29, 0.717) is 36.6 Å². The van der Waals surface area contributed by atoms with Gasteiger partial charge in [-0.2, -0.15) is 0 Å². The number of aromatic nitrogens is 1. The number of H-pyrrole nitrogens is 1. The van der Waals surface area contributed by atoms with E-state index < -0.39 is 5.82 Å². The van der Waals surface area contributed by atoms with Crippen LogP contribution in [-0.4, -0.2) is 23.5 Å². The van der Waals surface area contributed by atoms with Crippen LogP contribution in [0.3, 0.4) is 0 Å². The summed E-state index contributed by atoms with van der Waals surface area (Å²) in [6.45, 7) is 0.895. The highest BCUT2D eigenvalue weighted by Crippen LogP contribution is 2.17. The summed E-state index contributed by atoms with van der Waals surface area (Å²) >= 11 is 0. The summed E-state index contributed by atoms with van der Waals surface area (Å²) in [6, 6.07) is 6.24. The smallest absolute Gasteiger partial charge is 0.221 e. The van der Waals surface area contributed by atoms with E-state index >= 15 is 0 Å². The van der Waals surface area contributed by atoms with Crippen LogP contribution in [0.4, 0.5) is 4.39 Å². The van der Waals surface area contributed by atoms with Crippen molar-refractivity contribution in [3.63, 3.8) is 0 Å². The molecule has 1 aliphatic rings. The molecule has 1 heterocycles. The van der Waals surface area contributed by atoms with E-state index in [2.05, 4.69) is 15.6 Å². The molecule has 0 spiro atoms. The van der Waals surface area contributed by atoms with Gasteiger partial charge in [0.05, 0.1) is 5.52 Å². The molecule has 1 saturated carbocycles. The Bertz CT molecular complexity index is 797. The molecular weight excluding hydrogens is 321 g/mol. The number of carbonyl (C=O) groups excluding carboxylic acids is 1. The lowest BCUT2D eigenvalue weighted by molar-refractivity contribution is -0.121. The molecule has 0 bridgehead atoms. The van der Waals surface area contributed by atoms with Crippen molar-refractivity contribution in [3.8, 4) is 0 Å². The van der Waals surface area contributed by atoms with E-state index in [9.17, 15) is 14.0 Å². The summed E-state index contributed by atoms with van der Waals surface area (Å²) in [7, 11) is 0. The largest absolute Gasteiger partial charge is 0.355 e. The molecule has 6 heteroatoms. The van der Waals surface area contributed by atoms with Crippen molar-refractivity contribution in [1.82, 2.24) is 15.6 Å². The molecule has 5 nitrogen and oxygen atoms in total. The maximum Gasteiger partial charge on any atom is 0.221 e. The second-order valence-electron chi connectivity index (χ2n) is 6.65. The lowest BCUT2D eigenvalue weighted by Crippen LogP contribution is -2.37. The molecule has 134 valence electrons. The quantitative estimate of drug-likeness (QED) is 0.705. The van der Waals surface area contributed by atoms with Crippen LogP contribution >= 0.6 is 0 Å². The molecule has 2 aromatic rings. The summed E-state index contributed by atoms with van der Waals surface area (Å²) in [4.78, 5) is 26.9. The van der Waals surface area contributed by atoms with Crippen molar-refractivity contribution in [2.45, 2.75) is 51.1 Å². The Morgan fingerprint density at radius 3 is 2.84 bits per heavy atom. The van der Waals surface area contributed by atoms with E-state index in [1.54, 1.807) is 6.07 Å². The topological polar surface area (TPSA) is 74.0 Å². The molecule has 0 radical (unpaired) electrons. The zero-order valence-corrected chi connectivity index (χ0v) is 14.2. The molecule has 3 rings (SSSR count). The summed E-state index contributed by atoms with van der Waals surface area (Å²) in [5.41, 5.74) is 0.622. The minimum atomic E-state index is -0.441. The van der Waals surface area contributed by atoms with Crippen molar-refractivity contribution in [2.24, 2.45) is 0 Å². The van der Waals surface area contributed by atoms with Gasteiger partial charge in [-0.25, -0.2) is 4.39 Å². The van der Waals surface area contributed by atoms with E-state index in [1.165, 1.54) is 37.5 Å². The third-order valence-corrected chi connectivity index (χ3v) is 4.68. The van der Waals surface area contributed by atoms with Crippen molar-refractivity contribution < 1.29 is 9.18 Å². The second-order valence-corrected chi connectivity index (χ2v) is 6.65. The number of hydrogen-bond donors (Lipinski definition) is 3. The Morgan fingerprint density at radius 1 is 1.24 bits per heavy atom. The predicted molar refractivity (Wildman–Crippen MR) is 95.9 cm³/mol. The van der Waals surface area contributed by atoms with E-state index in [1.807, 2.05) is 0 Å². The molecule has 0 aliphatic heterocycles. The molecule has 25 heavy (non-hydrogen) atoms. The maximum absolute atomic E-state index is 13.8. The Kier molecular flexibility index (Phi) is 5.81. The van der Waals surface area contributed by atoms with E-state index in [4.69, 9.17) is 0 Å². The van der Waals surface area contributed by atoms with Crippen molar-refractivity contribution >= 4 is 16.8 Å². The monoisotopic (exact) mass is 345 g/mol. The van der Waals surface area contributed by atoms with Crippen LogP contribution < -0.4 is 16.1 Å². The number of para-hydroxylation sites is 1.